The van der Waals surface area contributed by atoms with Crippen LogP contribution in [0, 0.1) is 0 Å². The standard InChI is InChI=1S/2C7H17IN4O3P.4CH4/c2*1-2-9-4-11-7(13)3-10-5-12-15-6-16(8)14;;;;/h2*9-10,12H,2-6H2,1H3,(H,11,13);4*1H4/q2*-1;;;;/i;;2*1D;;. The van der Waals surface area contributed by atoms with Gasteiger partial charge in [0.1, 0.15) is 0 Å². The lowest BCUT2D eigenvalue weighted by Gasteiger charge is -2.14. The van der Waals surface area contributed by atoms with Gasteiger partial charge < -0.3 is 31.1 Å². The van der Waals surface area contributed by atoms with Gasteiger partial charge in [0.2, 0.25) is 11.8 Å². The lowest BCUT2D eigenvalue weighted by molar-refractivity contribution is -0.158. The van der Waals surface area contributed by atoms with Crippen molar-refractivity contribution < 1.29 is 31.8 Å². The van der Waals surface area contributed by atoms with Gasteiger partial charge in [-0.2, -0.15) is 11.0 Å². The fourth-order valence-electron chi connectivity index (χ4n) is 1.45. The highest BCUT2D eigenvalue weighted by molar-refractivity contribution is 14.2. The molecule has 0 radical (unpaired) electrons. The molecule has 0 saturated heterocycles. The van der Waals surface area contributed by atoms with Crippen LogP contribution in [0.5, 0.6) is 0 Å². The quantitative estimate of drug-likeness (QED) is 0.0274. The van der Waals surface area contributed by atoms with Crippen LogP contribution in [0.15, 0.2) is 0 Å². The van der Waals surface area contributed by atoms with E-state index in [1.54, 1.807) is 44.1 Å². The maximum absolute atomic E-state index is 11.1. The second-order valence-electron chi connectivity index (χ2n) is 5.44. The van der Waals surface area contributed by atoms with E-state index in [9.17, 15) is 19.4 Å². The molecule has 0 aliphatic heterocycles. The molecule has 0 bridgehead atoms. The topological polar surface area (TPSA) is 195 Å². The Labute approximate surface area is 250 Å². The maximum atomic E-state index is 11.1. The van der Waals surface area contributed by atoms with E-state index in [1.807, 2.05) is 13.8 Å². The lowest BCUT2D eigenvalue weighted by Crippen LogP contribution is -2.41. The molecule has 0 rings (SSSR count). The monoisotopic (exact) mass is 792 g/mol. The number of amides is 2. The van der Waals surface area contributed by atoms with Crippen LogP contribution in [0.3, 0.4) is 0 Å². The van der Waals surface area contributed by atoms with Gasteiger partial charge in [0.15, 0.2) is 0 Å². The van der Waals surface area contributed by atoms with Gasteiger partial charge in [-0.3, -0.25) is 29.9 Å². The number of carbonyl (C=O) groups is 2. The molecule has 14 nitrogen and oxygen atoms in total. The van der Waals surface area contributed by atoms with E-state index >= 15 is 0 Å². The van der Waals surface area contributed by atoms with Crippen molar-refractivity contribution in [3.05, 3.63) is 0 Å². The normalized spacial score (nSPS) is 11.4. The summed E-state index contributed by atoms with van der Waals surface area (Å²) < 4.78 is 11.5. The van der Waals surface area contributed by atoms with E-state index in [2.05, 4.69) is 42.9 Å². The van der Waals surface area contributed by atoms with Crippen LogP contribution in [0.25, 0.3) is 0 Å². The minimum absolute atomic E-state index is 0. The summed E-state index contributed by atoms with van der Waals surface area (Å²) in [5, 5.41) is 16.9. The lowest BCUT2D eigenvalue weighted by atomic mass is 10.6. The molecule has 0 aliphatic rings. The average Bonchev–Trinajstić information content (AvgIpc) is 2.86. The molecular weight excluding hydrogens is 740 g/mol. The van der Waals surface area contributed by atoms with Gasteiger partial charge in [-0.15, -0.1) is 11.6 Å². The number of hydroxylamine groups is 2. The SMILES string of the molecule is C.C.CCNCNC(=O)CNCNOCP([O-])I.CCNCNC(=O)CNCNOCP([O-])I.[2H]C.[2H]C. The van der Waals surface area contributed by atoms with Crippen LogP contribution in [-0.2, 0) is 19.3 Å². The van der Waals surface area contributed by atoms with Crippen LogP contribution < -0.4 is 52.6 Å². The number of rotatable bonds is 20. The Morgan fingerprint density at radius 3 is 1.33 bits per heavy atom. The zero-order valence-corrected chi connectivity index (χ0v) is 26.3. The summed E-state index contributed by atoms with van der Waals surface area (Å²) in [5.74, 6) is -2.84. The van der Waals surface area contributed by atoms with E-state index in [1.165, 1.54) is 14.8 Å². The molecule has 0 aromatic carbocycles. The first-order valence-corrected chi connectivity index (χ1v) is 18.1. The second kappa shape index (κ2) is 40.4. The van der Waals surface area contributed by atoms with Gasteiger partial charge in [-0.1, -0.05) is 87.6 Å². The van der Waals surface area contributed by atoms with Crippen LogP contribution in [0.1, 0.15) is 46.2 Å². The number of nitrogens with one attached hydrogen (secondary N) is 8. The fourth-order valence-corrected chi connectivity index (χ4v) is 2.67. The van der Waals surface area contributed by atoms with Gasteiger partial charge in [-0.25, -0.2) is 0 Å². The van der Waals surface area contributed by atoms with Crippen molar-refractivity contribution in [2.75, 3.05) is 65.5 Å². The molecule has 8 N–H and O–H groups in total. The van der Waals surface area contributed by atoms with E-state index in [0.29, 0.717) is 26.7 Å². The third-order valence-electron chi connectivity index (χ3n) is 2.82. The molecule has 2 atom stereocenters. The third-order valence-corrected chi connectivity index (χ3v) is 5.16. The van der Waals surface area contributed by atoms with E-state index in [-0.39, 0.29) is 52.5 Å². The van der Waals surface area contributed by atoms with Gasteiger partial charge in [0.25, 0.3) is 0 Å². The maximum Gasteiger partial charge on any atom is 0.234 e. The van der Waals surface area contributed by atoms with Crippen molar-refractivity contribution in [2.24, 2.45) is 0 Å². The third kappa shape index (κ3) is 48.0. The summed E-state index contributed by atoms with van der Waals surface area (Å²) in [6.45, 7) is 7.56. The molecule has 0 heterocycles. The van der Waals surface area contributed by atoms with Gasteiger partial charge in [0, 0.05) is 2.74 Å². The highest BCUT2D eigenvalue weighted by Crippen LogP contribution is 2.34. The first-order valence-electron chi connectivity index (χ1n) is 11.6. The van der Waals surface area contributed by atoms with E-state index in [4.69, 9.17) is 12.4 Å². The molecule has 224 valence electrons. The van der Waals surface area contributed by atoms with E-state index in [0.717, 1.165) is 13.1 Å². The number of carbonyl (C=O) groups excluding carboxylic acids is 2. The highest BCUT2D eigenvalue weighted by atomic mass is 127. The Kier molecular flexibility index (Phi) is 49.2. The number of hydrogen-bond donors (Lipinski definition) is 8. The van der Waals surface area contributed by atoms with Gasteiger partial charge in [-0.05, 0) is 13.1 Å². The molecule has 0 aromatic rings. The van der Waals surface area contributed by atoms with Crippen molar-refractivity contribution in [2.45, 2.75) is 43.5 Å². The van der Waals surface area contributed by atoms with Crippen LogP contribution in [0.4, 0.5) is 0 Å². The summed E-state index contributed by atoms with van der Waals surface area (Å²) >= 11 is 3.57. The number of halogens is 2. The summed E-state index contributed by atoms with van der Waals surface area (Å²) in [7, 11) is 2.50. The average molecular weight is 792 g/mol. The van der Waals surface area contributed by atoms with Crippen LogP contribution >= 0.6 is 55.7 Å². The van der Waals surface area contributed by atoms with Gasteiger partial charge in [0.05, 0.1) is 52.5 Å². The smallest absolute Gasteiger partial charge is 0.234 e. The first kappa shape index (κ1) is 43.9. The summed E-state index contributed by atoms with van der Waals surface area (Å²) in [6.07, 6.45) is 0.314. The Morgan fingerprint density at radius 1 is 0.722 bits per heavy atom. The summed E-state index contributed by atoms with van der Waals surface area (Å²) in [5.41, 5.74) is 5.09. The summed E-state index contributed by atoms with van der Waals surface area (Å²) in [4.78, 5) is 53.1. The van der Waals surface area contributed by atoms with Gasteiger partial charge >= 0.3 is 0 Å². The fraction of sp³-hybridized carbons (Fsp3) is 0.889. The van der Waals surface area contributed by atoms with Crippen molar-refractivity contribution in [1.82, 2.24) is 42.9 Å². The van der Waals surface area contributed by atoms with E-state index < -0.39 is 11.6 Å². The number of hydrogen-bond acceptors (Lipinski definition) is 12. The Morgan fingerprint density at radius 2 is 1.06 bits per heavy atom. The Hall–Kier alpha value is 0.860. The second-order valence-corrected chi connectivity index (χ2v) is 13.7. The zero-order chi connectivity index (χ0) is 28.5. The molecular formula is C18H50I2N8O6P2-2. The molecule has 0 aliphatic carbocycles. The largest absolute Gasteiger partial charge is 0.820 e. The van der Waals surface area contributed by atoms with Crippen LogP contribution in [0.2, 0.25) is 0 Å². The molecule has 2 amide bonds. The van der Waals surface area contributed by atoms with Crippen LogP contribution in [-0.4, -0.2) is 77.4 Å². The first-order chi connectivity index (χ1) is 17.3. The Balaban J connectivity index is -0.000000114. The molecule has 0 fully saturated rings. The highest BCUT2D eigenvalue weighted by Gasteiger charge is 1.98. The molecule has 18 heteroatoms. The van der Waals surface area contributed by atoms with Crippen molar-refractivity contribution in [1.29, 1.82) is 0 Å². The minimum atomic E-state index is -1.32. The Bertz CT molecular complexity index is 428. The van der Waals surface area contributed by atoms with Crippen molar-refractivity contribution >= 4 is 67.5 Å². The predicted octanol–water partition coefficient (Wildman–Crippen LogP) is 0.150. The summed E-state index contributed by atoms with van der Waals surface area (Å²) in [6, 6.07) is 0. The van der Waals surface area contributed by atoms with Crippen molar-refractivity contribution in [3.63, 3.8) is 0 Å². The predicted molar refractivity (Wildman–Crippen MR) is 166 cm³/mol. The minimum Gasteiger partial charge on any atom is -0.820 e. The van der Waals surface area contributed by atoms with Crippen molar-refractivity contribution in [3.8, 4) is 0 Å². The molecule has 2 unspecified atom stereocenters. The molecule has 36 heavy (non-hydrogen) atoms. The molecule has 0 saturated carbocycles. The molecule has 0 aromatic heterocycles. The zero-order valence-electron chi connectivity index (χ0n) is 22.2. The molecule has 0 spiro atoms.